The number of hydrogen-bond donors (Lipinski definition) is 1. The van der Waals surface area contributed by atoms with Gasteiger partial charge in [-0.25, -0.2) is 0 Å². The largest absolute Gasteiger partial charge is 0.479 e. The summed E-state index contributed by atoms with van der Waals surface area (Å²) in [5.41, 5.74) is 4.51. The molecule has 1 aliphatic rings. The molecule has 1 unspecified atom stereocenters. The summed E-state index contributed by atoms with van der Waals surface area (Å²) in [6, 6.07) is 13.5. The molecule has 0 saturated heterocycles. The second-order valence-corrected chi connectivity index (χ2v) is 7.36. The van der Waals surface area contributed by atoms with Gasteiger partial charge in [-0.1, -0.05) is 42.0 Å². The Labute approximate surface area is 166 Å². The van der Waals surface area contributed by atoms with Gasteiger partial charge in [0, 0.05) is 18.7 Å². The van der Waals surface area contributed by atoms with E-state index >= 15 is 0 Å². The molecule has 0 aromatic heterocycles. The molecule has 0 spiro atoms. The highest BCUT2D eigenvalue weighted by Gasteiger charge is 2.31. The number of fused-ring (bicyclic) bond motifs is 1. The summed E-state index contributed by atoms with van der Waals surface area (Å²) in [6.07, 6.45) is 0.529. The van der Waals surface area contributed by atoms with E-state index in [1.807, 2.05) is 38.1 Å². The lowest BCUT2D eigenvalue weighted by Gasteiger charge is -2.33. The summed E-state index contributed by atoms with van der Waals surface area (Å²) in [4.78, 5) is 26.5. The Morgan fingerprint density at radius 1 is 1.21 bits per heavy atom. The second-order valence-electron chi connectivity index (χ2n) is 7.36. The van der Waals surface area contributed by atoms with Gasteiger partial charge in [0.15, 0.2) is 6.10 Å². The fourth-order valence-electron chi connectivity index (χ4n) is 3.15. The van der Waals surface area contributed by atoms with Crippen LogP contribution in [0.4, 0.5) is 11.4 Å². The average Bonchev–Trinajstić information content (AvgIpc) is 2.65. The fourth-order valence-corrected chi connectivity index (χ4v) is 3.15. The van der Waals surface area contributed by atoms with Crippen LogP contribution in [0.3, 0.4) is 0 Å². The molecule has 0 saturated carbocycles. The molecule has 1 aliphatic heterocycles. The fraction of sp³-hybridized carbons (Fsp3) is 0.304. The van der Waals surface area contributed by atoms with E-state index in [2.05, 4.69) is 11.9 Å². The van der Waals surface area contributed by atoms with Gasteiger partial charge in [-0.3, -0.25) is 9.59 Å². The highest BCUT2D eigenvalue weighted by Crippen LogP contribution is 2.36. The van der Waals surface area contributed by atoms with Crippen molar-refractivity contribution in [2.75, 3.05) is 16.8 Å². The van der Waals surface area contributed by atoms with Crippen LogP contribution in [0, 0.1) is 6.92 Å². The number of benzene rings is 2. The Morgan fingerprint density at radius 2 is 1.93 bits per heavy atom. The summed E-state index contributed by atoms with van der Waals surface area (Å²) < 4.78 is 5.70. The minimum atomic E-state index is -0.540. The summed E-state index contributed by atoms with van der Waals surface area (Å²) in [6.45, 7) is 9.98. The number of carbonyl (C=O) groups excluding carboxylic acids is 2. The molecule has 0 fully saturated rings. The zero-order valence-corrected chi connectivity index (χ0v) is 16.6. The molecule has 5 heteroatoms. The highest BCUT2D eigenvalue weighted by molar-refractivity contribution is 6.01. The highest BCUT2D eigenvalue weighted by atomic mass is 16.5. The molecule has 28 heavy (non-hydrogen) atoms. The third-order valence-electron chi connectivity index (χ3n) is 4.64. The zero-order chi connectivity index (χ0) is 20.3. The smallest absolute Gasteiger partial charge is 0.268 e. The molecular weight excluding hydrogens is 352 g/mol. The van der Waals surface area contributed by atoms with E-state index in [0.717, 1.165) is 11.1 Å². The van der Waals surface area contributed by atoms with Crippen LogP contribution >= 0.6 is 0 Å². The molecular formula is C23H26N2O3. The van der Waals surface area contributed by atoms with Crippen LogP contribution in [0.25, 0.3) is 0 Å². The molecule has 1 atom stereocenters. The minimum absolute atomic E-state index is 0.0663. The van der Waals surface area contributed by atoms with Crippen molar-refractivity contribution in [3.63, 3.8) is 0 Å². The van der Waals surface area contributed by atoms with Gasteiger partial charge in [0.1, 0.15) is 5.75 Å². The van der Waals surface area contributed by atoms with Crippen LogP contribution in [-0.4, -0.2) is 24.5 Å². The average molecular weight is 378 g/mol. The first-order chi connectivity index (χ1) is 13.3. The van der Waals surface area contributed by atoms with E-state index in [4.69, 9.17) is 4.74 Å². The standard InChI is InChI=1S/C23H26N2O3/c1-15(2)14-25-20-13-19(10-11-21(20)28-17(4)23(25)27)24-22(26)12-9-18-7-5-16(3)6-8-18/h5-8,10-11,13,17H,1,9,12,14H2,2-4H3,(H,24,26). The number of ether oxygens (including phenoxy) is 1. The van der Waals surface area contributed by atoms with Crippen molar-refractivity contribution in [3.8, 4) is 5.75 Å². The Hall–Kier alpha value is -3.08. The molecule has 1 heterocycles. The van der Waals surface area contributed by atoms with Gasteiger partial charge in [-0.15, -0.1) is 0 Å². The molecule has 1 N–H and O–H groups in total. The van der Waals surface area contributed by atoms with E-state index in [1.54, 1.807) is 30.0 Å². The molecule has 0 radical (unpaired) electrons. The Bertz CT molecular complexity index is 903. The summed E-state index contributed by atoms with van der Waals surface area (Å²) in [5, 5.41) is 2.92. The van der Waals surface area contributed by atoms with Gasteiger partial charge in [-0.05, 0) is 51.0 Å². The molecule has 5 nitrogen and oxygen atoms in total. The quantitative estimate of drug-likeness (QED) is 0.764. The number of rotatable bonds is 6. The lowest BCUT2D eigenvalue weighted by atomic mass is 10.1. The number of nitrogens with one attached hydrogen (secondary N) is 1. The lowest BCUT2D eigenvalue weighted by Crippen LogP contribution is -2.45. The second kappa shape index (κ2) is 8.30. The van der Waals surface area contributed by atoms with Crippen molar-refractivity contribution in [1.29, 1.82) is 0 Å². The number of anilines is 2. The minimum Gasteiger partial charge on any atom is -0.479 e. The SMILES string of the molecule is C=C(C)CN1C(=O)C(C)Oc2ccc(NC(=O)CCc3ccc(C)cc3)cc21. The third-order valence-corrected chi connectivity index (χ3v) is 4.64. The Morgan fingerprint density at radius 3 is 2.61 bits per heavy atom. The summed E-state index contributed by atoms with van der Waals surface area (Å²) >= 11 is 0. The number of nitrogens with zero attached hydrogens (tertiary/aromatic N) is 1. The van der Waals surface area contributed by atoms with Crippen molar-refractivity contribution >= 4 is 23.2 Å². The van der Waals surface area contributed by atoms with E-state index < -0.39 is 6.10 Å². The van der Waals surface area contributed by atoms with Gasteiger partial charge in [-0.2, -0.15) is 0 Å². The lowest BCUT2D eigenvalue weighted by molar-refractivity contribution is -0.125. The monoisotopic (exact) mass is 378 g/mol. The first-order valence-electron chi connectivity index (χ1n) is 9.45. The van der Waals surface area contributed by atoms with Crippen LogP contribution in [0.5, 0.6) is 5.75 Å². The molecule has 0 aliphatic carbocycles. The molecule has 3 rings (SSSR count). The topological polar surface area (TPSA) is 58.6 Å². The maximum atomic E-state index is 12.5. The molecule has 2 aromatic carbocycles. The van der Waals surface area contributed by atoms with Crippen LogP contribution in [0.1, 0.15) is 31.4 Å². The third kappa shape index (κ3) is 4.60. The number of aryl methyl sites for hydroxylation is 2. The molecule has 2 amide bonds. The van der Waals surface area contributed by atoms with Crippen molar-refractivity contribution in [1.82, 2.24) is 0 Å². The van der Waals surface area contributed by atoms with Crippen molar-refractivity contribution in [3.05, 3.63) is 65.7 Å². The normalized spacial score (nSPS) is 15.6. The van der Waals surface area contributed by atoms with Gasteiger partial charge in [0.25, 0.3) is 5.91 Å². The van der Waals surface area contributed by atoms with E-state index in [0.29, 0.717) is 36.5 Å². The van der Waals surface area contributed by atoms with Crippen LogP contribution in [0.2, 0.25) is 0 Å². The van der Waals surface area contributed by atoms with E-state index in [-0.39, 0.29) is 11.8 Å². The Balaban J connectivity index is 1.70. The number of hydrogen-bond acceptors (Lipinski definition) is 3. The van der Waals surface area contributed by atoms with Crippen molar-refractivity contribution < 1.29 is 14.3 Å². The van der Waals surface area contributed by atoms with E-state index in [9.17, 15) is 9.59 Å². The zero-order valence-electron chi connectivity index (χ0n) is 16.6. The molecule has 0 bridgehead atoms. The van der Waals surface area contributed by atoms with E-state index in [1.165, 1.54) is 5.56 Å². The van der Waals surface area contributed by atoms with Gasteiger partial charge in [0.2, 0.25) is 5.91 Å². The van der Waals surface area contributed by atoms with Crippen LogP contribution in [-0.2, 0) is 16.0 Å². The maximum absolute atomic E-state index is 12.5. The predicted octanol–water partition coefficient (Wildman–Crippen LogP) is 4.26. The summed E-state index contributed by atoms with van der Waals surface area (Å²) in [5.74, 6) is 0.452. The predicted molar refractivity (Wildman–Crippen MR) is 112 cm³/mol. The number of amides is 2. The van der Waals surface area contributed by atoms with Gasteiger partial charge in [0.05, 0.1) is 5.69 Å². The summed E-state index contributed by atoms with van der Waals surface area (Å²) in [7, 11) is 0. The Kier molecular flexibility index (Phi) is 5.83. The van der Waals surface area contributed by atoms with Crippen LogP contribution < -0.4 is 15.0 Å². The first kappa shape index (κ1) is 19.7. The van der Waals surface area contributed by atoms with Crippen LogP contribution in [0.15, 0.2) is 54.6 Å². The maximum Gasteiger partial charge on any atom is 0.268 e. The van der Waals surface area contributed by atoms with Crippen molar-refractivity contribution in [2.24, 2.45) is 0 Å². The molecule has 2 aromatic rings. The van der Waals surface area contributed by atoms with Gasteiger partial charge >= 0.3 is 0 Å². The first-order valence-corrected chi connectivity index (χ1v) is 9.45. The van der Waals surface area contributed by atoms with Crippen molar-refractivity contribution in [2.45, 2.75) is 39.7 Å². The van der Waals surface area contributed by atoms with Gasteiger partial charge < -0.3 is 15.0 Å². The number of carbonyl (C=O) groups is 2. The molecule has 146 valence electrons.